The van der Waals surface area contributed by atoms with E-state index in [0.717, 1.165) is 0 Å². The Morgan fingerprint density at radius 2 is 1.25 bits per heavy atom. The van der Waals surface area contributed by atoms with Gasteiger partial charge in [0.05, 0.1) is 6.04 Å². The van der Waals surface area contributed by atoms with Crippen LogP contribution in [0.3, 0.4) is 0 Å². The van der Waals surface area contributed by atoms with Crippen LogP contribution < -0.4 is 5.32 Å². The van der Waals surface area contributed by atoms with Gasteiger partial charge in [0, 0.05) is 26.2 Å². The van der Waals surface area contributed by atoms with Gasteiger partial charge < -0.3 is 14.4 Å². The summed E-state index contributed by atoms with van der Waals surface area (Å²) in [6.07, 6.45) is -1.43. The van der Waals surface area contributed by atoms with Gasteiger partial charge in [0.25, 0.3) is 0 Å². The Balaban J connectivity index is 1.79. The molecule has 0 radical (unpaired) electrons. The van der Waals surface area contributed by atoms with Gasteiger partial charge in [-0.1, -0.05) is 60.7 Å². The van der Waals surface area contributed by atoms with E-state index in [2.05, 4.69) is 63.7 Å². The molecule has 36 heavy (non-hydrogen) atoms. The highest BCUT2D eigenvalue weighted by Gasteiger charge is 2.29. The molecule has 194 valence electrons. The van der Waals surface area contributed by atoms with Crippen molar-refractivity contribution in [2.75, 3.05) is 26.2 Å². The molecule has 1 saturated heterocycles. The second kappa shape index (κ2) is 11.6. The second-order valence-electron chi connectivity index (χ2n) is 10.8. The quantitative estimate of drug-likeness (QED) is 0.466. The van der Waals surface area contributed by atoms with Crippen molar-refractivity contribution in [2.24, 2.45) is 4.99 Å². The van der Waals surface area contributed by atoms with Gasteiger partial charge in [-0.3, -0.25) is 10.2 Å². The van der Waals surface area contributed by atoms with Crippen LogP contribution in [0, 0.1) is 0 Å². The number of ether oxygens (including phenoxy) is 2. The first kappa shape index (κ1) is 27.2. The van der Waals surface area contributed by atoms with Gasteiger partial charge >= 0.3 is 12.2 Å². The van der Waals surface area contributed by atoms with Crippen molar-refractivity contribution in [2.45, 2.75) is 58.8 Å². The normalized spacial score (nSPS) is 15.5. The molecule has 2 aromatic carbocycles. The number of amides is 2. The van der Waals surface area contributed by atoms with E-state index in [-0.39, 0.29) is 12.0 Å². The molecular weight excluding hydrogens is 456 g/mol. The Bertz CT molecular complexity index is 995. The number of alkyl carbamates (subject to hydrolysis) is 1. The lowest BCUT2D eigenvalue weighted by atomic mass is 9.96. The number of hydrogen-bond donors (Lipinski definition) is 1. The van der Waals surface area contributed by atoms with Crippen LogP contribution in [0.5, 0.6) is 0 Å². The minimum absolute atomic E-state index is 0.0969. The third-order valence-corrected chi connectivity index (χ3v) is 5.41. The first-order valence-electron chi connectivity index (χ1n) is 12.3. The molecule has 2 amide bonds. The maximum atomic E-state index is 12.5. The third kappa shape index (κ3) is 8.37. The highest BCUT2D eigenvalue weighted by molar-refractivity contribution is 5.99. The Hall–Kier alpha value is -3.39. The summed E-state index contributed by atoms with van der Waals surface area (Å²) >= 11 is 0. The zero-order valence-electron chi connectivity index (χ0n) is 22.2. The number of carbonyl (C=O) groups is 2. The zero-order chi connectivity index (χ0) is 26.3. The summed E-state index contributed by atoms with van der Waals surface area (Å²) in [6.45, 7) is 13.2. The smallest absolute Gasteiger partial charge is 0.437 e. The Labute approximate surface area is 214 Å². The minimum Gasteiger partial charge on any atom is -0.444 e. The van der Waals surface area contributed by atoms with Crippen LogP contribution in [0.1, 0.15) is 58.7 Å². The van der Waals surface area contributed by atoms with Crippen molar-refractivity contribution in [3.05, 3.63) is 71.8 Å². The number of carbonyl (C=O) groups excluding carboxylic acids is 2. The number of benzene rings is 2. The lowest BCUT2D eigenvalue weighted by molar-refractivity contribution is 0.0549. The number of aliphatic imine (C=N–C) groups is 1. The van der Waals surface area contributed by atoms with E-state index >= 15 is 0 Å². The molecule has 3 rings (SSSR count). The standard InChI is InChI=1S/C28H38N4O4/c1-27(2,3)35-25(33)29-24(30-26(34)36-28(4,5)6)32-19-17-31(18-20-32)23(21-13-9-7-10-14-21)22-15-11-8-12-16-22/h7-16,23H,17-20H2,1-6H3,(H,29,30,33,34). The van der Waals surface area contributed by atoms with Crippen molar-refractivity contribution >= 4 is 18.1 Å². The topological polar surface area (TPSA) is 83.5 Å². The summed E-state index contributed by atoms with van der Waals surface area (Å²) in [5.74, 6) is 0.133. The lowest BCUT2D eigenvalue weighted by Gasteiger charge is -2.40. The summed E-state index contributed by atoms with van der Waals surface area (Å²) < 4.78 is 10.8. The summed E-state index contributed by atoms with van der Waals surface area (Å²) in [5, 5.41) is 2.66. The summed E-state index contributed by atoms with van der Waals surface area (Å²) in [5.41, 5.74) is 1.05. The van der Waals surface area contributed by atoms with E-state index in [1.165, 1.54) is 11.1 Å². The molecule has 0 aliphatic carbocycles. The molecule has 1 N–H and O–H groups in total. The van der Waals surface area contributed by atoms with Gasteiger partial charge in [-0.05, 0) is 52.7 Å². The van der Waals surface area contributed by atoms with Crippen molar-refractivity contribution in [1.82, 2.24) is 15.1 Å². The monoisotopic (exact) mass is 494 g/mol. The average Bonchev–Trinajstić information content (AvgIpc) is 2.78. The molecule has 0 unspecified atom stereocenters. The van der Waals surface area contributed by atoms with Gasteiger partial charge in [0.1, 0.15) is 11.2 Å². The maximum Gasteiger partial charge on any atom is 0.437 e. The first-order valence-corrected chi connectivity index (χ1v) is 12.3. The molecule has 0 aromatic heterocycles. The fourth-order valence-corrected chi connectivity index (χ4v) is 4.02. The van der Waals surface area contributed by atoms with E-state index in [1.807, 2.05) is 17.0 Å². The highest BCUT2D eigenvalue weighted by Crippen LogP contribution is 2.29. The largest absolute Gasteiger partial charge is 0.444 e. The Kier molecular flexibility index (Phi) is 8.74. The fraction of sp³-hybridized carbons (Fsp3) is 0.464. The van der Waals surface area contributed by atoms with Crippen molar-refractivity contribution < 1.29 is 19.1 Å². The van der Waals surface area contributed by atoms with Crippen LogP contribution in [0.2, 0.25) is 0 Å². The van der Waals surface area contributed by atoms with Crippen LogP contribution >= 0.6 is 0 Å². The predicted molar refractivity (Wildman–Crippen MR) is 141 cm³/mol. The van der Waals surface area contributed by atoms with Gasteiger partial charge in [-0.2, -0.15) is 0 Å². The second-order valence-corrected chi connectivity index (χ2v) is 10.8. The molecule has 8 heteroatoms. The van der Waals surface area contributed by atoms with E-state index in [9.17, 15) is 9.59 Å². The highest BCUT2D eigenvalue weighted by atomic mass is 16.6. The number of rotatable bonds is 3. The SMILES string of the molecule is CC(C)(C)OC(=O)/N=C(/NC(=O)OC(C)(C)C)N1CCN(C(c2ccccc2)c2ccccc2)CC1. The van der Waals surface area contributed by atoms with E-state index in [0.29, 0.717) is 26.2 Å². The first-order chi connectivity index (χ1) is 16.9. The molecule has 1 heterocycles. The average molecular weight is 495 g/mol. The number of guanidine groups is 1. The molecule has 0 spiro atoms. The molecule has 1 aliphatic rings. The van der Waals surface area contributed by atoms with Crippen LogP contribution in [0.4, 0.5) is 9.59 Å². The molecule has 1 aliphatic heterocycles. The molecular formula is C28H38N4O4. The Morgan fingerprint density at radius 1 is 0.778 bits per heavy atom. The lowest BCUT2D eigenvalue weighted by Crippen LogP contribution is -2.54. The van der Waals surface area contributed by atoms with E-state index < -0.39 is 23.4 Å². The molecule has 0 bridgehead atoms. The van der Waals surface area contributed by atoms with Gasteiger partial charge in [0.2, 0.25) is 5.96 Å². The minimum atomic E-state index is -0.762. The van der Waals surface area contributed by atoms with Crippen LogP contribution in [-0.4, -0.2) is 65.3 Å². The summed E-state index contributed by atoms with van der Waals surface area (Å²) in [4.78, 5) is 33.4. The van der Waals surface area contributed by atoms with E-state index in [4.69, 9.17) is 9.47 Å². The van der Waals surface area contributed by atoms with Gasteiger partial charge in [0.15, 0.2) is 0 Å². The van der Waals surface area contributed by atoms with Crippen LogP contribution in [0.25, 0.3) is 0 Å². The number of piperazine rings is 1. The molecule has 0 atom stereocenters. The predicted octanol–water partition coefficient (Wildman–Crippen LogP) is 5.21. The van der Waals surface area contributed by atoms with E-state index in [1.54, 1.807) is 41.5 Å². The van der Waals surface area contributed by atoms with Crippen molar-refractivity contribution in [3.63, 3.8) is 0 Å². The van der Waals surface area contributed by atoms with Gasteiger partial charge in [-0.15, -0.1) is 4.99 Å². The molecule has 8 nitrogen and oxygen atoms in total. The number of nitrogens with zero attached hydrogens (tertiary/aromatic N) is 3. The number of nitrogens with one attached hydrogen (secondary N) is 1. The molecule has 0 saturated carbocycles. The maximum absolute atomic E-state index is 12.5. The fourth-order valence-electron chi connectivity index (χ4n) is 4.02. The van der Waals surface area contributed by atoms with Crippen molar-refractivity contribution in [3.8, 4) is 0 Å². The van der Waals surface area contributed by atoms with Crippen LogP contribution in [-0.2, 0) is 9.47 Å². The zero-order valence-corrected chi connectivity index (χ0v) is 22.2. The Morgan fingerprint density at radius 3 is 1.69 bits per heavy atom. The molecule has 1 fully saturated rings. The third-order valence-electron chi connectivity index (χ3n) is 5.41. The van der Waals surface area contributed by atoms with Crippen LogP contribution in [0.15, 0.2) is 65.7 Å². The van der Waals surface area contributed by atoms with Crippen molar-refractivity contribution in [1.29, 1.82) is 0 Å². The number of hydrogen-bond acceptors (Lipinski definition) is 5. The van der Waals surface area contributed by atoms with Gasteiger partial charge in [-0.25, -0.2) is 9.59 Å². The summed E-state index contributed by atoms with van der Waals surface area (Å²) in [7, 11) is 0. The molecule has 2 aromatic rings. The summed E-state index contributed by atoms with van der Waals surface area (Å²) in [6, 6.07) is 20.9.